The Labute approximate surface area is 130 Å². The second kappa shape index (κ2) is 5.77. The molecule has 106 valence electrons. The molecule has 0 saturated carbocycles. The first kappa shape index (κ1) is 15.4. The van der Waals surface area contributed by atoms with E-state index in [1.54, 1.807) is 18.2 Å². The van der Waals surface area contributed by atoms with Gasteiger partial charge in [0, 0.05) is 15.6 Å². The van der Waals surface area contributed by atoms with Gasteiger partial charge in [0.25, 0.3) is 0 Å². The first-order valence-corrected chi connectivity index (χ1v) is 7.28. The van der Waals surface area contributed by atoms with Crippen LogP contribution in [0.15, 0.2) is 42.5 Å². The van der Waals surface area contributed by atoms with Gasteiger partial charge in [0.2, 0.25) is 0 Å². The van der Waals surface area contributed by atoms with Crippen molar-refractivity contribution >= 4 is 23.2 Å². The maximum Gasteiger partial charge on any atom is 0.106 e. The van der Waals surface area contributed by atoms with Gasteiger partial charge in [-0.25, -0.2) is 0 Å². The summed E-state index contributed by atoms with van der Waals surface area (Å²) in [5, 5.41) is 11.8. The molecule has 1 nitrogen and oxygen atoms in total. The highest BCUT2D eigenvalue weighted by Crippen LogP contribution is 2.35. The highest BCUT2D eigenvalue weighted by molar-refractivity contribution is 6.33. The lowest BCUT2D eigenvalue weighted by Crippen LogP contribution is -2.16. The molecule has 0 aliphatic heterocycles. The van der Waals surface area contributed by atoms with Gasteiger partial charge in [0.15, 0.2) is 0 Å². The highest BCUT2D eigenvalue weighted by atomic mass is 35.5. The summed E-state index contributed by atoms with van der Waals surface area (Å²) >= 11 is 12.2. The summed E-state index contributed by atoms with van der Waals surface area (Å²) in [6, 6.07) is 13.0. The van der Waals surface area contributed by atoms with Gasteiger partial charge >= 0.3 is 0 Å². The van der Waals surface area contributed by atoms with Crippen LogP contribution in [-0.4, -0.2) is 5.11 Å². The van der Waals surface area contributed by atoms with Gasteiger partial charge in [-0.3, -0.25) is 0 Å². The third-order valence-electron chi connectivity index (χ3n) is 3.32. The molecule has 0 heterocycles. The Balaban J connectivity index is 2.54. The first-order valence-electron chi connectivity index (χ1n) is 6.53. The van der Waals surface area contributed by atoms with Gasteiger partial charge in [-0.2, -0.15) is 0 Å². The summed E-state index contributed by atoms with van der Waals surface area (Å²) in [7, 11) is 0. The molecule has 0 aliphatic carbocycles. The Morgan fingerprint density at radius 2 is 1.60 bits per heavy atom. The predicted octanol–water partition coefficient (Wildman–Crippen LogP) is 5.37. The van der Waals surface area contributed by atoms with E-state index in [0.717, 1.165) is 11.1 Å². The lowest BCUT2D eigenvalue weighted by Gasteiger charge is -2.25. The molecule has 20 heavy (non-hydrogen) atoms. The smallest absolute Gasteiger partial charge is 0.106 e. The number of hydrogen-bond acceptors (Lipinski definition) is 1. The summed E-state index contributed by atoms with van der Waals surface area (Å²) < 4.78 is 0. The van der Waals surface area contributed by atoms with E-state index in [-0.39, 0.29) is 5.41 Å². The molecular weight excluding hydrogens is 291 g/mol. The van der Waals surface area contributed by atoms with E-state index in [4.69, 9.17) is 23.2 Å². The van der Waals surface area contributed by atoms with Crippen LogP contribution in [0, 0.1) is 0 Å². The van der Waals surface area contributed by atoms with Crippen molar-refractivity contribution in [2.24, 2.45) is 0 Å². The lowest BCUT2D eigenvalue weighted by atomic mass is 9.81. The Bertz CT molecular complexity index is 615. The van der Waals surface area contributed by atoms with Crippen LogP contribution < -0.4 is 0 Å². The summed E-state index contributed by atoms with van der Waals surface area (Å²) in [6.07, 6.45) is -0.781. The fourth-order valence-corrected chi connectivity index (χ4v) is 2.71. The van der Waals surface area contributed by atoms with Crippen molar-refractivity contribution in [2.45, 2.75) is 32.3 Å². The lowest BCUT2D eigenvalue weighted by molar-refractivity contribution is 0.217. The van der Waals surface area contributed by atoms with Gasteiger partial charge in [-0.05, 0) is 34.7 Å². The molecule has 0 bridgehead atoms. The quantitative estimate of drug-likeness (QED) is 0.790. The predicted molar refractivity (Wildman–Crippen MR) is 85.7 cm³/mol. The molecule has 1 N–H and O–H groups in total. The second-order valence-corrected chi connectivity index (χ2v) is 6.75. The van der Waals surface area contributed by atoms with Crippen LogP contribution in [-0.2, 0) is 5.41 Å². The van der Waals surface area contributed by atoms with Crippen LogP contribution in [0.4, 0.5) is 0 Å². The zero-order chi connectivity index (χ0) is 14.9. The average Bonchev–Trinajstić information content (AvgIpc) is 2.40. The minimum Gasteiger partial charge on any atom is -0.384 e. The second-order valence-electron chi connectivity index (χ2n) is 5.91. The number of halogens is 2. The zero-order valence-electron chi connectivity index (χ0n) is 11.8. The van der Waals surface area contributed by atoms with E-state index in [1.165, 1.54) is 0 Å². The summed E-state index contributed by atoms with van der Waals surface area (Å²) in [6.45, 7) is 6.37. The van der Waals surface area contributed by atoms with Crippen molar-refractivity contribution < 1.29 is 5.11 Å². The number of hydrogen-bond donors (Lipinski definition) is 1. The van der Waals surface area contributed by atoms with Crippen LogP contribution in [0.25, 0.3) is 0 Å². The normalized spacial score (nSPS) is 13.3. The third-order valence-corrected chi connectivity index (χ3v) is 3.90. The van der Waals surface area contributed by atoms with Crippen molar-refractivity contribution in [3.63, 3.8) is 0 Å². The van der Waals surface area contributed by atoms with Crippen LogP contribution in [0.2, 0.25) is 10.0 Å². The first-order chi connectivity index (χ1) is 9.30. The number of aliphatic hydroxyl groups excluding tert-OH is 1. The Kier molecular flexibility index (Phi) is 4.43. The Morgan fingerprint density at radius 1 is 0.950 bits per heavy atom. The zero-order valence-corrected chi connectivity index (χ0v) is 13.3. The maximum atomic E-state index is 10.7. The van der Waals surface area contributed by atoms with Crippen molar-refractivity contribution in [1.29, 1.82) is 0 Å². The van der Waals surface area contributed by atoms with Crippen molar-refractivity contribution in [3.05, 3.63) is 69.2 Å². The van der Waals surface area contributed by atoms with Gasteiger partial charge in [0.1, 0.15) is 6.10 Å². The van der Waals surface area contributed by atoms with E-state index < -0.39 is 6.10 Å². The van der Waals surface area contributed by atoms with Crippen LogP contribution in [0.1, 0.15) is 43.6 Å². The summed E-state index contributed by atoms with van der Waals surface area (Å²) in [5.74, 6) is 0. The minimum atomic E-state index is -0.781. The number of benzene rings is 2. The molecule has 2 rings (SSSR count). The number of aliphatic hydroxyl groups is 1. The fraction of sp³-hybridized carbons (Fsp3) is 0.294. The molecular formula is C17H18Cl2O. The summed E-state index contributed by atoms with van der Waals surface area (Å²) in [5.41, 5.74) is 2.55. The van der Waals surface area contributed by atoms with E-state index in [0.29, 0.717) is 15.6 Å². The molecule has 0 radical (unpaired) electrons. The van der Waals surface area contributed by atoms with E-state index in [9.17, 15) is 5.11 Å². The molecule has 3 heteroatoms. The van der Waals surface area contributed by atoms with Crippen molar-refractivity contribution in [3.8, 4) is 0 Å². The molecule has 1 atom stereocenters. The standard InChI is InChI=1S/C17H18Cl2O/c1-17(2,3)14-7-5-4-6-12(14)16(20)13-10-11(18)8-9-15(13)19/h4-10,16,20H,1-3H3. The van der Waals surface area contributed by atoms with Crippen LogP contribution >= 0.6 is 23.2 Å². The minimum absolute atomic E-state index is 0.0530. The largest absolute Gasteiger partial charge is 0.384 e. The van der Waals surface area contributed by atoms with Crippen molar-refractivity contribution in [2.75, 3.05) is 0 Å². The molecule has 0 aromatic heterocycles. The third kappa shape index (κ3) is 3.17. The topological polar surface area (TPSA) is 20.2 Å². The maximum absolute atomic E-state index is 10.7. The molecule has 0 aliphatic rings. The monoisotopic (exact) mass is 308 g/mol. The molecule has 0 spiro atoms. The van der Waals surface area contributed by atoms with Gasteiger partial charge in [0.05, 0.1) is 0 Å². The Morgan fingerprint density at radius 3 is 2.25 bits per heavy atom. The molecule has 1 unspecified atom stereocenters. The highest BCUT2D eigenvalue weighted by Gasteiger charge is 2.23. The van der Waals surface area contributed by atoms with E-state index in [1.807, 2.05) is 24.3 Å². The molecule has 0 amide bonds. The van der Waals surface area contributed by atoms with E-state index >= 15 is 0 Å². The van der Waals surface area contributed by atoms with Crippen LogP contribution in [0.3, 0.4) is 0 Å². The fourth-order valence-electron chi connectivity index (χ4n) is 2.31. The molecule has 2 aromatic carbocycles. The average molecular weight is 309 g/mol. The van der Waals surface area contributed by atoms with E-state index in [2.05, 4.69) is 20.8 Å². The van der Waals surface area contributed by atoms with Gasteiger partial charge < -0.3 is 5.11 Å². The van der Waals surface area contributed by atoms with Gasteiger partial charge in [-0.15, -0.1) is 0 Å². The summed E-state index contributed by atoms with van der Waals surface area (Å²) in [4.78, 5) is 0. The Hall–Kier alpha value is -1.02. The van der Waals surface area contributed by atoms with Crippen molar-refractivity contribution in [1.82, 2.24) is 0 Å². The number of rotatable bonds is 2. The van der Waals surface area contributed by atoms with Gasteiger partial charge in [-0.1, -0.05) is 68.2 Å². The molecule has 0 saturated heterocycles. The SMILES string of the molecule is CC(C)(C)c1ccccc1C(O)c1cc(Cl)ccc1Cl. The molecule has 0 fully saturated rings. The van der Waals surface area contributed by atoms with Crippen LogP contribution in [0.5, 0.6) is 0 Å². The molecule has 2 aromatic rings.